The maximum absolute atomic E-state index is 13.3. The number of fused-ring (bicyclic) bond motifs is 2. The molecule has 2 aromatic heterocycles. The van der Waals surface area contributed by atoms with Crippen LogP contribution >= 0.6 is 22.9 Å². The van der Waals surface area contributed by atoms with Crippen LogP contribution in [-0.4, -0.2) is 65.9 Å². The van der Waals surface area contributed by atoms with E-state index in [-0.39, 0.29) is 37.0 Å². The molecule has 0 radical (unpaired) electrons. The smallest absolute Gasteiger partial charge is 0.264 e. The Bertz CT molecular complexity index is 1440. The molecule has 3 heterocycles. The van der Waals surface area contributed by atoms with Gasteiger partial charge in [-0.05, 0) is 53.2 Å². The second kappa shape index (κ2) is 8.66. The molecule has 1 unspecified atom stereocenters. The summed E-state index contributed by atoms with van der Waals surface area (Å²) in [7, 11) is -3.80. The molecular weight excluding hydrogens is 482 g/mol. The molecule has 1 aliphatic heterocycles. The van der Waals surface area contributed by atoms with Gasteiger partial charge in [-0.1, -0.05) is 23.7 Å². The van der Waals surface area contributed by atoms with Crippen LogP contribution in [-0.2, 0) is 10.0 Å². The average Bonchev–Trinajstić information content (AvgIpc) is 3.27. The van der Waals surface area contributed by atoms with Crippen molar-refractivity contribution in [2.75, 3.05) is 26.2 Å². The van der Waals surface area contributed by atoms with Crippen molar-refractivity contribution in [1.29, 1.82) is 0 Å². The lowest BCUT2D eigenvalue weighted by Gasteiger charge is -2.39. The van der Waals surface area contributed by atoms with E-state index in [0.717, 1.165) is 21.0 Å². The van der Waals surface area contributed by atoms with Gasteiger partial charge in [0.1, 0.15) is 0 Å². The van der Waals surface area contributed by atoms with Gasteiger partial charge in [-0.25, -0.2) is 8.42 Å². The van der Waals surface area contributed by atoms with E-state index in [1.54, 1.807) is 53.6 Å². The lowest BCUT2D eigenvalue weighted by molar-refractivity contribution is 0.0443. The van der Waals surface area contributed by atoms with E-state index in [2.05, 4.69) is 4.98 Å². The molecule has 1 saturated heterocycles. The maximum Gasteiger partial charge on any atom is 0.264 e. The molecule has 0 saturated carbocycles. The first-order valence-corrected chi connectivity index (χ1v) is 13.0. The summed E-state index contributed by atoms with van der Waals surface area (Å²) in [5.41, 5.74) is 0.741. The van der Waals surface area contributed by atoms with Crippen molar-refractivity contribution in [1.82, 2.24) is 14.2 Å². The van der Waals surface area contributed by atoms with Crippen molar-refractivity contribution in [3.05, 3.63) is 70.7 Å². The molecule has 4 aromatic rings. The third-order valence-corrected chi connectivity index (χ3v) is 9.00. The molecule has 7 nitrogen and oxygen atoms in total. The van der Waals surface area contributed by atoms with Crippen LogP contribution in [0.1, 0.15) is 9.67 Å². The second-order valence-electron chi connectivity index (χ2n) is 7.85. The molecule has 0 aliphatic carbocycles. The molecular formula is C23H20ClN3O4S2. The van der Waals surface area contributed by atoms with E-state index < -0.39 is 16.1 Å². The van der Waals surface area contributed by atoms with Gasteiger partial charge in [-0.15, -0.1) is 11.3 Å². The number of amides is 1. The second-order valence-corrected chi connectivity index (χ2v) is 11.3. The molecule has 10 heteroatoms. The molecule has 1 atom stereocenters. The summed E-state index contributed by atoms with van der Waals surface area (Å²) >= 11 is 7.36. The molecule has 0 bridgehead atoms. The number of piperazine rings is 1. The van der Waals surface area contributed by atoms with Crippen molar-refractivity contribution in [3.8, 4) is 0 Å². The summed E-state index contributed by atoms with van der Waals surface area (Å²) in [6.45, 7) is 0.0179. The minimum Gasteiger partial charge on any atom is -0.394 e. The van der Waals surface area contributed by atoms with Gasteiger partial charge in [-0.2, -0.15) is 4.31 Å². The number of pyridine rings is 1. The predicted molar refractivity (Wildman–Crippen MR) is 129 cm³/mol. The van der Waals surface area contributed by atoms with E-state index in [0.29, 0.717) is 9.90 Å². The zero-order valence-corrected chi connectivity index (χ0v) is 19.8. The number of hydrogen-bond donors (Lipinski definition) is 1. The van der Waals surface area contributed by atoms with Gasteiger partial charge in [-0.3, -0.25) is 9.78 Å². The van der Waals surface area contributed by atoms with Gasteiger partial charge < -0.3 is 10.0 Å². The summed E-state index contributed by atoms with van der Waals surface area (Å²) in [5.74, 6) is -0.225. The van der Waals surface area contributed by atoms with Crippen LogP contribution in [0.4, 0.5) is 0 Å². The highest BCUT2D eigenvalue weighted by atomic mass is 35.5. The fourth-order valence-electron chi connectivity index (χ4n) is 4.09. The van der Waals surface area contributed by atoms with Crippen LogP contribution in [0.2, 0.25) is 5.02 Å². The van der Waals surface area contributed by atoms with E-state index >= 15 is 0 Å². The summed E-state index contributed by atoms with van der Waals surface area (Å²) in [5, 5.41) is 12.2. The zero-order chi connectivity index (χ0) is 23.2. The summed E-state index contributed by atoms with van der Waals surface area (Å²) in [6.07, 6.45) is 1.67. The standard InChI is InChI=1S/C23H20ClN3O4S2/c24-17-5-3-16-11-19(6-4-15(16)10-17)33(30,31)26-8-9-27(18(13-26)14-28)23(29)22-12-20-21(32-22)2-1-7-25-20/h1-7,10-12,18,28H,8-9,13-14H2. The number of carbonyl (C=O) groups is 1. The number of aliphatic hydroxyl groups is 1. The fraction of sp³-hybridized carbons (Fsp3) is 0.217. The van der Waals surface area contributed by atoms with Gasteiger partial charge in [0.2, 0.25) is 10.0 Å². The number of benzene rings is 2. The highest BCUT2D eigenvalue weighted by Gasteiger charge is 2.36. The van der Waals surface area contributed by atoms with E-state index in [1.807, 2.05) is 12.1 Å². The van der Waals surface area contributed by atoms with Crippen molar-refractivity contribution < 1.29 is 18.3 Å². The quantitative estimate of drug-likeness (QED) is 0.461. The topological polar surface area (TPSA) is 90.8 Å². The largest absolute Gasteiger partial charge is 0.394 e. The Hall–Kier alpha value is -2.56. The Morgan fingerprint density at radius 3 is 2.70 bits per heavy atom. The number of halogens is 1. The SMILES string of the molecule is O=C(c1cc2ncccc2s1)N1CCN(S(=O)(=O)c2ccc3cc(Cl)ccc3c2)CC1CO. The number of aromatic nitrogens is 1. The molecule has 0 spiro atoms. The molecule has 170 valence electrons. The Balaban J connectivity index is 1.38. The van der Waals surface area contributed by atoms with Crippen molar-refractivity contribution in [3.63, 3.8) is 0 Å². The molecule has 5 rings (SSSR count). The summed E-state index contributed by atoms with van der Waals surface area (Å²) in [6, 6.07) is 15.0. The number of rotatable bonds is 4. The zero-order valence-electron chi connectivity index (χ0n) is 17.4. The van der Waals surface area contributed by atoms with Crippen LogP contribution in [0, 0.1) is 0 Å². The highest BCUT2D eigenvalue weighted by Crippen LogP contribution is 2.28. The first-order chi connectivity index (χ1) is 15.9. The van der Waals surface area contributed by atoms with E-state index in [1.165, 1.54) is 15.6 Å². The van der Waals surface area contributed by atoms with Crippen molar-refractivity contribution >= 4 is 59.9 Å². The minimum atomic E-state index is -3.80. The highest BCUT2D eigenvalue weighted by molar-refractivity contribution is 7.89. The predicted octanol–water partition coefficient (Wildman–Crippen LogP) is 3.61. The van der Waals surface area contributed by atoms with Gasteiger partial charge in [0.15, 0.2) is 0 Å². The molecule has 1 amide bonds. The van der Waals surface area contributed by atoms with Crippen LogP contribution in [0.5, 0.6) is 0 Å². The Kier molecular flexibility index (Phi) is 5.84. The normalized spacial score (nSPS) is 17.6. The number of sulfonamides is 1. The molecule has 2 aromatic carbocycles. The Labute approximate surface area is 199 Å². The van der Waals surface area contributed by atoms with Gasteiger partial charge in [0.05, 0.1) is 32.6 Å². The number of nitrogens with zero attached hydrogens (tertiary/aromatic N) is 3. The number of thiophene rings is 1. The minimum absolute atomic E-state index is 0.0202. The molecule has 33 heavy (non-hydrogen) atoms. The lowest BCUT2D eigenvalue weighted by Crippen LogP contribution is -2.57. The van der Waals surface area contributed by atoms with E-state index in [4.69, 9.17) is 11.6 Å². The van der Waals surface area contributed by atoms with Gasteiger partial charge in [0.25, 0.3) is 5.91 Å². The first-order valence-electron chi connectivity index (χ1n) is 10.3. The Morgan fingerprint density at radius 2 is 1.91 bits per heavy atom. The number of hydrogen-bond acceptors (Lipinski definition) is 6. The molecule has 1 N–H and O–H groups in total. The number of carbonyl (C=O) groups excluding carboxylic acids is 1. The maximum atomic E-state index is 13.3. The van der Waals surface area contributed by atoms with Crippen LogP contribution in [0.15, 0.2) is 65.7 Å². The van der Waals surface area contributed by atoms with E-state index in [9.17, 15) is 18.3 Å². The van der Waals surface area contributed by atoms with Gasteiger partial charge in [0, 0.05) is 30.9 Å². The first kappa shape index (κ1) is 22.2. The van der Waals surface area contributed by atoms with Gasteiger partial charge >= 0.3 is 0 Å². The van der Waals surface area contributed by atoms with Crippen LogP contribution in [0.25, 0.3) is 21.0 Å². The number of aliphatic hydroxyl groups excluding tert-OH is 1. The summed E-state index contributed by atoms with van der Waals surface area (Å²) in [4.78, 5) is 19.7. The van der Waals surface area contributed by atoms with Crippen molar-refractivity contribution in [2.24, 2.45) is 0 Å². The third kappa shape index (κ3) is 4.11. The average molecular weight is 502 g/mol. The fourth-order valence-corrected chi connectivity index (χ4v) is 6.75. The van der Waals surface area contributed by atoms with Crippen LogP contribution in [0.3, 0.4) is 0 Å². The summed E-state index contributed by atoms with van der Waals surface area (Å²) < 4.78 is 28.9. The third-order valence-electron chi connectivity index (χ3n) is 5.83. The molecule has 1 aliphatic rings. The lowest BCUT2D eigenvalue weighted by atomic mass is 10.1. The Morgan fingerprint density at radius 1 is 1.12 bits per heavy atom. The monoisotopic (exact) mass is 501 g/mol. The molecule has 1 fully saturated rings. The van der Waals surface area contributed by atoms with Crippen molar-refractivity contribution in [2.45, 2.75) is 10.9 Å². The van der Waals surface area contributed by atoms with Crippen LogP contribution < -0.4 is 0 Å².